The molecule has 0 aromatic carbocycles. The van der Waals surface area contributed by atoms with Crippen LogP contribution in [0, 0.1) is 16.7 Å². The van der Waals surface area contributed by atoms with E-state index in [1.807, 2.05) is 6.92 Å². The zero-order chi connectivity index (χ0) is 16.1. The highest BCUT2D eigenvalue weighted by Crippen LogP contribution is 2.67. The lowest BCUT2D eigenvalue weighted by Crippen LogP contribution is -2.27. The Labute approximate surface area is 127 Å². The lowest BCUT2D eigenvalue weighted by atomic mass is 10.0. The number of nitrogens with one attached hydrogen (secondary N) is 1. The van der Waals surface area contributed by atoms with Crippen LogP contribution in [0.1, 0.15) is 40.3 Å². The molecule has 0 atom stereocenters. The zero-order valence-corrected chi connectivity index (χ0v) is 14.3. The fourth-order valence-electron chi connectivity index (χ4n) is 3.22. The molecule has 2 rings (SSSR count). The van der Waals surface area contributed by atoms with Crippen molar-refractivity contribution in [3.8, 4) is 0 Å². The molecule has 1 saturated carbocycles. The van der Waals surface area contributed by atoms with E-state index in [1.54, 1.807) is 10.8 Å². The third-order valence-corrected chi connectivity index (χ3v) is 6.96. The molecule has 0 amide bonds. The van der Waals surface area contributed by atoms with E-state index in [0.29, 0.717) is 24.7 Å². The predicted molar refractivity (Wildman–Crippen MR) is 82.3 cm³/mol. The Hall–Kier alpha value is -0.850. The summed E-state index contributed by atoms with van der Waals surface area (Å²) in [5, 5.41) is 9.26. The molecule has 0 spiro atoms. The van der Waals surface area contributed by atoms with Crippen LogP contribution >= 0.6 is 0 Å². The summed E-state index contributed by atoms with van der Waals surface area (Å²) in [5.41, 5.74) is 0.923. The highest BCUT2D eigenvalue weighted by atomic mass is 32.2. The van der Waals surface area contributed by atoms with Gasteiger partial charge in [-0.3, -0.25) is 0 Å². The maximum absolute atomic E-state index is 12.4. The first-order valence-corrected chi connectivity index (χ1v) is 8.85. The Kier molecular flexibility index (Phi) is 4.02. The topological polar surface area (TPSA) is 71.3 Å². The summed E-state index contributed by atoms with van der Waals surface area (Å²) in [6.45, 7) is 11.5. The Morgan fingerprint density at radius 1 is 1.29 bits per heavy atom. The second-order valence-corrected chi connectivity index (χ2v) is 8.73. The molecule has 1 aliphatic carbocycles. The molecular formula is C15H26N2O3S. The first kappa shape index (κ1) is 16.5. The average molecular weight is 314 g/mol. The number of sulfonamides is 1. The highest BCUT2D eigenvalue weighted by Gasteiger charge is 2.64. The van der Waals surface area contributed by atoms with E-state index in [4.69, 9.17) is 0 Å². The molecule has 120 valence electrons. The van der Waals surface area contributed by atoms with Gasteiger partial charge >= 0.3 is 0 Å². The highest BCUT2D eigenvalue weighted by molar-refractivity contribution is 7.89. The standard InChI is InChI=1S/C15H26N2O3S/c1-6-17-9-12(7-11(17)10-18)21(19,20)16-8-13-14(2,3)15(13,4)5/h7,9,13,16,18H,6,8,10H2,1-5H3. The van der Waals surface area contributed by atoms with Gasteiger partial charge in [0.15, 0.2) is 0 Å². The normalized spacial score (nSPS) is 20.7. The van der Waals surface area contributed by atoms with Crippen molar-refractivity contribution >= 4 is 10.0 Å². The summed E-state index contributed by atoms with van der Waals surface area (Å²) in [4.78, 5) is 0.227. The van der Waals surface area contributed by atoms with Gasteiger partial charge < -0.3 is 9.67 Å². The number of aromatic nitrogens is 1. The van der Waals surface area contributed by atoms with Crippen LogP contribution < -0.4 is 4.72 Å². The van der Waals surface area contributed by atoms with Gasteiger partial charge in [-0.1, -0.05) is 27.7 Å². The van der Waals surface area contributed by atoms with Gasteiger partial charge in [-0.25, -0.2) is 13.1 Å². The van der Waals surface area contributed by atoms with Crippen LogP contribution in [-0.2, 0) is 23.2 Å². The third kappa shape index (κ3) is 2.64. The van der Waals surface area contributed by atoms with E-state index in [1.165, 1.54) is 6.07 Å². The average Bonchev–Trinajstić information content (AvgIpc) is 2.73. The van der Waals surface area contributed by atoms with Crippen LogP contribution in [0.3, 0.4) is 0 Å². The molecule has 0 unspecified atom stereocenters. The summed E-state index contributed by atoms with van der Waals surface area (Å²) in [6.07, 6.45) is 1.58. The zero-order valence-electron chi connectivity index (χ0n) is 13.5. The van der Waals surface area contributed by atoms with Gasteiger partial charge in [-0.05, 0) is 29.7 Å². The Morgan fingerprint density at radius 3 is 2.24 bits per heavy atom. The first-order valence-electron chi connectivity index (χ1n) is 7.37. The molecule has 0 saturated heterocycles. The fourth-order valence-corrected chi connectivity index (χ4v) is 4.33. The van der Waals surface area contributed by atoms with Crippen LogP contribution in [0.5, 0.6) is 0 Å². The van der Waals surface area contributed by atoms with Crippen molar-refractivity contribution in [2.45, 2.75) is 52.7 Å². The van der Waals surface area contributed by atoms with Crippen molar-refractivity contribution in [3.63, 3.8) is 0 Å². The summed E-state index contributed by atoms with van der Waals surface area (Å²) >= 11 is 0. The molecule has 1 aliphatic rings. The Balaban J connectivity index is 2.11. The van der Waals surface area contributed by atoms with Crippen LogP contribution in [0.15, 0.2) is 17.2 Å². The quantitative estimate of drug-likeness (QED) is 0.843. The summed E-state index contributed by atoms with van der Waals surface area (Å²) in [6, 6.07) is 1.54. The van der Waals surface area contributed by atoms with E-state index in [-0.39, 0.29) is 22.3 Å². The second-order valence-electron chi connectivity index (χ2n) is 6.96. The van der Waals surface area contributed by atoms with Crippen molar-refractivity contribution in [2.75, 3.05) is 6.54 Å². The molecule has 6 heteroatoms. The number of aryl methyl sites for hydroxylation is 1. The van der Waals surface area contributed by atoms with E-state index in [9.17, 15) is 13.5 Å². The van der Waals surface area contributed by atoms with Crippen molar-refractivity contribution in [3.05, 3.63) is 18.0 Å². The van der Waals surface area contributed by atoms with Crippen LogP contribution in [-0.4, -0.2) is 24.6 Å². The van der Waals surface area contributed by atoms with E-state index in [2.05, 4.69) is 32.4 Å². The SMILES string of the molecule is CCn1cc(S(=O)(=O)NCC2C(C)(C)C2(C)C)cc1CO. The van der Waals surface area contributed by atoms with Crippen molar-refractivity contribution in [2.24, 2.45) is 16.7 Å². The molecule has 1 heterocycles. The van der Waals surface area contributed by atoms with E-state index < -0.39 is 10.0 Å². The smallest absolute Gasteiger partial charge is 0.242 e. The van der Waals surface area contributed by atoms with Crippen molar-refractivity contribution < 1.29 is 13.5 Å². The number of nitrogens with zero attached hydrogens (tertiary/aromatic N) is 1. The molecule has 1 aromatic rings. The molecule has 1 aromatic heterocycles. The van der Waals surface area contributed by atoms with Gasteiger partial charge in [0.2, 0.25) is 10.0 Å². The molecular weight excluding hydrogens is 288 g/mol. The minimum absolute atomic E-state index is 0.154. The molecule has 5 nitrogen and oxygen atoms in total. The summed E-state index contributed by atoms with van der Waals surface area (Å²) < 4.78 is 29.2. The first-order chi connectivity index (χ1) is 9.57. The fraction of sp³-hybridized carbons (Fsp3) is 0.733. The summed E-state index contributed by atoms with van der Waals surface area (Å²) in [7, 11) is -3.52. The molecule has 1 fully saturated rings. The molecule has 2 N–H and O–H groups in total. The van der Waals surface area contributed by atoms with Crippen molar-refractivity contribution in [1.82, 2.24) is 9.29 Å². The summed E-state index contributed by atoms with van der Waals surface area (Å²) in [5.74, 6) is 0.338. The van der Waals surface area contributed by atoms with E-state index in [0.717, 1.165) is 0 Å². The lowest BCUT2D eigenvalue weighted by Gasteiger charge is -2.06. The third-order valence-electron chi connectivity index (χ3n) is 5.57. The number of rotatable bonds is 6. The molecule has 0 aliphatic heterocycles. The predicted octanol–water partition coefficient (Wildman–Crippen LogP) is 1.96. The Morgan fingerprint density at radius 2 is 1.86 bits per heavy atom. The number of aliphatic hydroxyl groups excluding tert-OH is 1. The number of hydrogen-bond donors (Lipinski definition) is 2. The minimum atomic E-state index is -3.52. The van der Waals surface area contributed by atoms with Gasteiger partial charge in [0, 0.05) is 25.0 Å². The lowest BCUT2D eigenvalue weighted by molar-refractivity contribution is 0.271. The largest absolute Gasteiger partial charge is 0.390 e. The molecule has 0 radical (unpaired) electrons. The van der Waals surface area contributed by atoms with Crippen LogP contribution in [0.4, 0.5) is 0 Å². The van der Waals surface area contributed by atoms with Gasteiger partial charge in [-0.2, -0.15) is 0 Å². The number of aliphatic hydroxyl groups is 1. The monoisotopic (exact) mass is 314 g/mol. The maximum Gasteiger partial charge on any atom is 0.242 e. The van der Waals surface area contributed by atoms with Gasteiger partial charge in [0.25, 0.3) is 0 Å². The number of hydrogen-bond acceptors (Lipinski definition) is 3. The van der Waals surface area contributed by atoms with Crippen LogP contribution in [0.25, 0.3) is 0 Å². The van der Waals surface area contributed by atoms with Gasteiger partial charge in [-0.15, -0.1) is 0 Å². The Bertz CT molecular complexity index is 594. The molecule has 0 bridgehead atoms. The van der Waals surface area contributed by atoms with Crippen molar-refractivity contribution in [1.29, 1.82) is 0 Å². The van der Waals surface area contributed by atoms with Crippen LogP contribution in [0.2, 0.25) is 0 Å². The minimum Gasteiger partial charge on any atom is -0.390 e. The maximum atomic E-state index is 12.4. The second kappa shape index (κ2) is 5.11. The van der Waals surface area contributed by atoms with Gasteiger partial charge in [0.05, 0.1) is 11.5 Å². The van der Waals surface area contributed by atoms with E-state index >= 15 is 0 Å². The molecule has 21 heavy (non-hydrogen) atoms. The van der Waals surface area contributed by atoms with Gasteiger partial charge in [0.1, 0.15) is 0 Å².